The molecule has 1 heterocycles. The van der Waals surface area contributed by atoms with Crippen LogP contribution in [-0.2, 0) is 0 Å². The van der Waals surface area contributed by atoms with Crippen LogP contribution < -0.4 is 10.6 Å². The van der Waals surface area contributed by atoms with E-state index in [4.69, 9.17) is 5.73 Å². The van der Waals surface area contributed by atoms with Crippen molar-refractivity contribution < 1.29 is 18.0 Å². The zero-order chi connectivity index (χ0) is 21.3. The smallest absolute Gasteiger partial charge is 0.370 e. The van der Waals surface area contributed by atoms with Crippen LogP contribution >= 0.6 is 0 Å². The lowest BCUT2D eigenvalue weighted by Crippen LogP contribution is -2.43. The Balaban J connectivity index is 1.34. The second-order valence-corrected chi connectivity index (χ2v) is 9.46. The van der Waals surface area contributed by atoms with E-state index in [2.05, 4.69) is 9.80 Å². The molecule has 7 heteroatoms. The standard InChI is InChI=1S/C23H32F3N3O/c24-23(25,26)19-7-3-17(4-8-19)14-29(13-16-1-2-16)21-11-12-28(15-21)20-9-5-18(6-10-20)22(27)30/h5-6,9-10,16-17,19,21H,1-4,7-8,11-15H2,(H2,27,30)/t17?,19?,21-/m1/s1. The Morgan fingerprint density at radius 1 is 0.967 bits per heavy atom. The highest BCUT2D eigenvalue weighted by Crippen LogP contribution is 2.40. The van der Waals surface area contributed by atoms with Crippen molar-refractivity contribution in [1.29, 1.82) is 0 Å². The Bertz CT molecular complexity index is 724. The number of nitrogens with two attached hydrogens (primary N) is 1. The molecule has 4 nitrogen and oxygen atoms in total. The van der Waals surface area contributed by atoms with Crippen LogP contribution in [0.15, 0.2) is 24.3 Å². The third kappa shape index (κ3) is 5.29. The number of anilines is 1. The van der Waals surface area contributed by atoms with Gasteiger partial charge >= 0.3 is 6.18 Å². The quantitative estimate of drug-likeness (QED) is 0.705. The fraction of sp³-hybridized carbons (Fsp3) is 0.696. The molecule has 0 aromatic heterocycles. The van der Waals surface area contributed by atoms with Gasteiger partial charge in [0, 0.05) is 43.5 Å². The summed E-state index contributed by atoms with van der Waals surface area (Å²) in [5, 5.41) is 0. The molecule has 1 atom stereocenters. The molecule has 1 aromatic carbocycles. The number of rotatable bonds is 7. The van der Waals surface area contributed by atoms with Crippen LogP contribution in [0.2, 0.25) is 0 Å². The molecule has 3 fully saturated rings. The molecule has 2 saturated carbocycles. The zero-order valence-corrected chi connectivity index (χ0v) is 17.4. The van der Waals surface area contributed by atoms with E-state index >= 15 is 0 Å². The van der Waals surface area contributed by atoms with E-state index in [1.807, 2.05) is 12.1 Å². The molecule has 0 unspecified atom stereocenters. The van der Waals surface area contributed by atoms with Crippen LogP contribution in [0, 0.1) is 17.8 Å². The predicted molar refractivity (Wildman–Crippen MR) is 111 cm³/mol. The molecule has 1 amide bonds. The first-order chi connectivity index (χ1) is 14.3. The van der Waals surface area contributed by atoms with Gasteiger partial charge in [-0.25, -0.2) is 0 Å². The van der Waals surface area contributed by atoms with Gasteiger partial charge in [0.05, 0.1) is 5.92 Å². The van der Waals surface area contributed by atoms with Gasteiger partial charge in [0.15, 0.2) is 0 Å². The minimum atomic E-state index is -4.03. The summed E-state index contributed by atoms with van der Waals surface area (Å²) >= 11 is 0. The number of hydrogen-bond acceptors (Lipinski definition) is 3. The van der Waals surface area contributed by atoms with Gasteiger partial charge in [-0.05, 0) is 81.0 Å². The molecule has 2 N–H and O–H groups in total. The third-order valence-corrected chi connectivity index (χ3v) is 7.19. The summed E-state index contributed by atoms with van der Waals surface area (Å²) in [6, 6.07) is 7.89. The maximum absolute atomic E-state index is 13.0. The molecule has 0 bridgehead atoms. The summed E-state index contributed by atoms with van der Waals surface area (Å²) in [4.78, 5) is 16.2. The van der Waals surface area contributed by atoms with Crippen molar-refractivity contribution in [2.24, 2.45) is 23.5 Å². The fourth-order valence-corrected chi connectivity index (χ4v) is 5.12. The number of benzene rings is 1. The summed E-state index contributed by atoms with van der Waals surface area (Å²) < 4.78 is 39.0. The van der Waals surface area contributed by atoms with E-state index in [1.165, 1.54) is 12.8 Å². The van der Waals surface area contributed by atoms with Crippen LogP contribution in [0.3, 0.4) is 0 Å². The monoisotopic (exact) mass is 423 g/mol. The Kier molecular flexibility index (Phi) is 6.28. The van der Waals surface area contributed by atoms with Gasteiger partial charge < -0.3 is 10.6 Å². The third-order valence-electron chi connectivity index (χ3n) is 7.19. The van der Waals surface area contributed by atoms with Crippen LogP contribution in [0.4, 0.5) is 18.9 Å². The van der Waals surface area contributed by atoms with Crippen LogP contribution in [0.1, 0.15) is 55.3 Å². The van der Waals surface area contributed by atoms with E-state index in [1.54, 1.807) is 12.1 Å². The lowest BCUT2D eigenvalue weighted by atomic mass is 9.81. The van der Waals surface area contributed by atoms with Crippen molar-refractivity contribution in [3.8, 4) is 0 Å². The molecule has 0 spiro atoms. The second-order valence-electron chi connectivity index (χ2n) is 9.46. The minimum absolute atomic E-state index is 0.286. The Morgan fingerprint density at radius 3 is 2.03 bits per heavy atom. The Labute approximate surface area is 176 Å². The lowest BCUT2D eigenvalue weighted by molar-refractivity contribution is -0.184. The molecule has 2 aliphatic carbocycles. The Hall–Kier alpha value is -1.76. The van der Waals surface area contributed by atoms with Crippen molar-refractivity contribution in [2.75, 3.05) is 31.1 Å². The van der Waals surface area contributed by atoms with Gasteiger partial charge in [-0.1, -0.05) is 0 Å². The predicted octanol–water partition coefficient (Wildman–Crippen LogP) is 4.44. The minimum Gasteiger partial charge on any atom is -0.370 e. The van der Waals surface area contributed by atoms with Crippen LogP contribution in [0.25, 0.3) is 0 Å². The number of amides is 1. The maximum Gasteiger partial charge on any atom is 0.391 e. The first-order valence-corrected chi connectivity index (χ1v) is 11.2. The number of halogens is 3. The number of primary amides is 1. The van der Waals surface area contributed by atoms with E-state index in [0.717, 1.165) is 44.2 Å². The topological polar surface area (TPSA) is 49.6 Å². The average Bonchev–Trinajstić information content (AvgIpc) is 3.39. The molecule has 3 aliphatic rings. The van der Waals surface area contributed by atoms with Gasteiger partial charge in [-0.3, -0.25) is 9.69 Å². The summed E-state index contributed by atoms with van der Waals surface area (Å²) in [6.07, 6.45) is 1.55. The number of carbonyl (C=O) groups excluding carboxylic acids is 1. The first-order valence-electron chi connectivity index (χ1n) is 11.2. The lowest BCUT2D eigenvalue weighted by Gasteiger charge is -2.36. The zero-order valence-electron chi connectivity index (χ0n) is 17.4. The van der Waals surface area contributed by atoms with Crippen molar-refractivity contribution in [1.82, 2.24) is 4.90 Å². The van der Waals surface area contributed by atoms with Gasteiger partial charge in [0.1, 0.15) is 0 Å². The summed E-state index contributed by atoms with van der Waals surface area (Å²) in [5.41, 5.74) is 6.94. The van der Waals surface area contributed by atoms with E-state index in [0.29, 0.717) is 30.4 Å². The molecule has 30 heavy (non-hydrogen) atoms. The number of alkyl halides is 3. The van der Waals surface area contributed by atoms with Crippen LogP contribution in [-0.4, -0.2) is 49.2 Å². The summed E-state index contributed by atoms with van der Waals surface area (Å²) in [6.45, 7) is 3.90. The molecular weight excluding hydrogens is 391 g/mol. The molecule has 166 valence electrons. The summed E-state index contributed by atoms with van der Waals surface area (Å²) in [7, 11) is 0. The second kappa shape index (κ2) is 8.77. The van der Waals surface area contributed by atoms with E-state index in [9.17, 15) is 18.0 Å². The molecule has 0 radical (unpaired) electrons. The normalized spacial score (nSPS) is 27.6. The highest BCUT2D eigenvalue weighted by atomic mass is 19.4. The fourth-order valence-electron chi connectivity index (χ4n) is 5.12. The number of nitrogens with zero attached hydrogens (tertiary/aromatic N) is 2. The number of hydrogen-bond donors (Lipinski definition) is 1. The largest absolute Gasteiger partial charge is 0.391 e. The van der Waals surface area contributed by atoms with Crippen LogP contribution in [0.5, 0.6) is 0 Å². The van der Waals surface area contributed by atoms with E-state index in [-0.39, 0.29) is 12.8 Å². The molecule has 1 aliphatic heterocycles. The van der Waals surface area contributed by atoms with Gasteiger partial charge in [-0.15, -0.1) is 0 Å². The van der Waals surface area contributed by atoms with Crippen molar-refractivity contribution in [3.63, 3.8) is 0 Å². The molecule has 1 saturated heterocycles. The Morgan fingerprint density at radius 2 is 1.53 bits per heavy atom. The highest BCUT2D eigenvalue weighted by molar-refractivity contribution is 5.93. The first kappa shape index (κ1) is 21.5. The van der Waals surface area contributed by atoms with Gasteiger partial charge in [0.2, 0.25) is 5.91 Å². The molecular formula is C23H32F3N3O. The van der Waals surface area contributed by atoms with Crippen molar-refractivity contribution in [3.05, 3.63) is 29.8 Å². The van der Waals surface area contributed by atoms with Gasteiger partial charge in [0.25, 0.3) is 0 Å². The van der Waals surface area contributed by atoms with Crippen molar-refractivity contribution >= 4 is 11.6 Å². The highest BCUT2D eigenvalue weighted by Gasteiger charge is 2.42. The SMILES string of the molecule is NC(=O)c1ccc(N2CC[C@@H](N(CC3CC3)CC3CCC(C(F)(F)F)CC3)C2)cc1. The molecule has 4 rings (SSSR count). The van der Waals surface area contributed by atoms with E-state index < -0.39 is 18.0 Å². The van der Waals surface area contributed by atoms with Gasteiger partial charge in [-0.2, -0.15) is 13.2 Å². The molecule has 1 aromatic rings. The van der Waals surface area contributed by atoms with Crippen molar-refractivity contribution in [2.45, 2.75) is 57.2 Å². The average molecular weight is 424 g/mol. The summed E-state index contributed by atoms with van der Waals surface area (Å²) in [5.74, 6) is -0.376. The maximum atomic E-state index is 13.0. The number of carbonyl (C=O) groups is 1.